The Hall–Kier alpha value is -1.08. The molecule has 0 spiro atoms. The van der Waals surface area contributed by atoms with Gasteiger partial charge in [-0.2, -0.15) is 0 Å². The van der Waals surface area contributed by atoms with Crippen LogP contribution in [0, 0.1) is 5.92 Å². The number of carbonyl (C=O) groups is 1. The van der Waals surface area contributed by atoms with Gasteiger partial charge in [-0.05, 0) is 18.8 Å². The number of nitrogens with two attached hydrogens (primary N) is 1. The Morgan fingerprint density at radius 3 is 2.60 bits per heavy atom. The Kier molecular flexibility index (Phi) is 4.11. The molecule has 0 aliphatic carbocycles. The molecule has 0 amide bonds. The standard InChI is InChI=1S/C13H20N2O3S2/c1-8-5-4-6-15(7-8)13-12(20(3,17)18)10(14)11(19-13)9(2)16/h8H,4-7,14H2,1-3H3. The van der Waals surface area contributed by atoms with Gasteiger partial charge in [-0.1, -0.05) is 6.92 Å². The number of thiophene rings is 1. The summed E-state index contributed by atoms with van der Waals surface area (Å²) in [6.45, 7) is 5.18. The minimum Gasteiger partial charge on any atom is -0.396 e. The van der Waals surface area contributed by atoms with Crippen LogP contribution in [0.25, 0.3) is 0 Å². The van der Waals surface area contributed by atoms with Gasteiger partial charge in [0, 0.05) is 26.3 Å². The Morgan fingerprint density at radius 2 is 2.10 bits per heavy atom. The summed E-state index contributed by atoms with van der Waals surface area (Å²) in [5, 5.41) is 0.627. The molecule has 1 fully saturated rings. The summed E-state index contributed by atoms with van der Waals surface area (Å²) in [6.07, 6.45) is 3.31. The lowest BCUT2D eigenvalue weighted by molar-refractivity contribution is 0.102. The number of nitrogens with zero attached hydrogens (tertiary/aromatic N) is 1. The second kappa shape index (κ2) is 5.37. The van der Waals surface area contributed by atoms with Crippen LogP contribution in [0.5, 0.6) is 0 Å². The molecule has 1 saturated heterocycles. The van der Waals surface area contributed by atoms with E-state index in [0.717, 1.165) is 32.2 Å². The number of nitrogen functional groups attached to an aromatic ring is 1. The van der Waals surface area contributed by atoms with E-state index in [-0.39, 0.29) is 16.4 Å². The lowest BCUT2D eigenvalue weighted by atomic mass is 10.0. The first-order chi connectivity index (χ1) is 9.21. The maximum Gasteiger partial charge on any atom is 0.180 e. The highest BCUT2D eigenvalue weighted by molar-refractivity contribution is 7.91. The molecule has 1 atom stereocenters. The molecule has 7 heteroatoms. The molecule has 1 aromatic heterocycles. The first-order valence-corrected chi connectivity index (χ1v) is 9.30. The first-order valence-electron chi connectivity index (χ1n) is 6.60. The number of piperidine rings is 1. The Labute approximate surface area is 123 Å². The van der Waals surface area contributed by atoms with Gasteiger partial charge in [0.2, 0.25) is 0 Å². The van der Waals surface area contributed by atoms with Crippen LogP contribution in [0.3, 0.4) is 0 Å². The Balaban J connectivity index is 2.57. The van der Waals surface area contributed by atoms with Crippen LogP contribution in [0.2, 0.25) is 0 Å². The van der Waals surface area contributed by atoms with E-state index < -0.39 is 9.84 Å². The van der Waals surface area contributed by atoms with Gasteiger partial charge in [0.05, 0.1) is 10.6 Å². The molecule has 0 aromatic carbocycles. The molecule has 112 valence electrons. The predicted molar refractivity (Wildman–Crippen MR) is 82.5 cm³/mol. The summed E-state index contributed by atoms with van der Waals surface area (Å²) in [7, 11) is -3.45. The van der Waals surface area contributed by atoms with Crippen molar-refractivity contribution in [3.63, 3.8) is 0 Å². The molecule has 2 N–H and O–H groups in total. The van der Waals surface area contributed by atoms with Crippen LogP contribution >= 0.6 is 11.3 Å². The second-order valence-electron chi connectivity index (χ2n) is 5.50. The summed E-state index contributed by atoms with van der Waals surface area (Å²) < 4.78 is 24.0. The third kappa shape index (κ3) is 2.83. The molecule has 0 saturated carbocycles. The molecule has 20 heavy (non-hydrogen) atoms. The van der Waals surface area contributed by atoms with Gasteiger partial charge in [-0.25, -0.2) is 8.42 Å². The van der Waals surface area contributed by atoms with Crippen LogP contribution < -0.4 is 10.6 Å². The zero-order valence-electron chi connectivity index (χ0n) is 12.0. The van der Waals surface area contributed by atoms with Gasteiger partial charge in [-0.3, -0.25) is 4.79 Å². The van der Waals surface area contributed by atoms with Gasteiger partial charge in [0.1, 0.15) is 9.90 Å². The molecule has 5 nitrogen and oxygen atoms in total. The van der Waals surface area contributed by atoms with Crippen molar-refractivity contribution in [3.05, 3.63) is 4.88 Å². The SMILES string of the molecule is CC(=O)c1sc(N2CCCC(C)C2)c(S(C)(=O)=O)c1N. The molecule has 1 aliphatic rings. The van der Waals surface area contributed by atoms with E-state index in [4.69, 9.17) is 5.73 Å². The molecular weight excluding hydrogens is 296 g/mol. The number of sulfone groups is 1. The predicted octanol–water partition coefficient (Wildman–Crippen LogP) is 2.17. The fourth-order valence-electron chi connectivity index (χ4n) is 2.62. The highest BCUT2D eigenvalue weighted by Crippen LogP contribution is 2.42. The Bertz CT molecular complexity index is 634. The van der Waals surface area contributed by atoms with Gasteiger partial charge >= 0.3 is 0 Å². The lowest BCUT2D eigenvalue weighted by Gasteiger charge is -2.32. The van der Waals surface area contributed by atoms with Gasteiger partial charge in [0.15, 0.2) is 15.6 Å². The number of hydrogen-bond donors (Lipinski definition) is 1. The van der Waals surface area contributed by atoms with Crippen molar-refractivity contribution in [1.82, 2.24) is 0 Å². The largest absolute Gasteiger partial charge is 0.396 e. The maximum absolute atomic E-state index is 12.0. The van der Waals surface area contributed by atoms with Crippen molar-refractivity contribution >= 4 is 37.6 Å². The minimum atomic E-state index is -3.45. The van der Waals surface area contributed by atoms with E-state index in [0.29, 0.717) is 15.8 Å². The molecule has 1 aromatic rings. The zero-order valence-corrected chi connectivity index (χ0v) is 13.6. The molecule has 1 aliphatic heterocycles. The zero-order chi connectivity index (χ0) is 15.1. The maximum atomic E-state index is 12.0. The number of ketones is 1. The average molecular weight is 316 g/mol. The van der Waals surface area contributed by atoms with Crippen LogP contribution in [-0.2, 0) is 9.84 Å². The van der Waals surface area contributed by atoms with Gasteiger partial charge in [0.25, 0.3) is 0 Å². The summed E-state index contributed by atoms with van der Waals surface area (Å²) in [5.74, 6) is 0.328. The molecule has 0 radical (unpaired) electrons. The quantitative estimate of drug-likeness (QED) is 0.864. The van der Waals surface area contributed by atoms with Crippen LogP contribution in [0.1, 0.15) is 36.4 Å². The summed E-state index contributed by atoms with van der Waals surface area (Å²) in [6, 6.07) is 0. The van der Waals surface area contributed by atoms with Crippen molar-refractivity contribution in [3.8, 4) is 0 Å². The molecule has 1 unspecified atom stereocenters. The molecule has 0 bridgehead atoms. The van der Waals surface area contributed by atoms with E-state index in [1.54, 1.807) is 0 Å². The highest BCUT2D eigenvalue weighted by atomic mass is 32.2. The van der Waals surface area contributed by atoms with Crippen LogP contribution in [0.4, 0.5) is 10.7 Å². The third-order valence-corrected chi connectivity index (χ3v) is 6.17. The second-order valence-corrected chi connectivity index (χ2v) is 8.45. The van der Waals surface area contributed by atoms with Crippen LogP contribution in [-0.4, -0.2) is 33.5 Å². The topological polar surface area (TPSA) is 80.5 Å². The summed E-state index contributed by atoms with van der Waals surface area (Å²) >= 11 is 1.20. The first kappa shape index (κ1) is 15.3. The lowest BCUT2D eigenvalue weighted by Crippen LogP contribution is -2.34. The fraction of sp³-hybridized carbons (Fsp3) is 0.615. The van der Waals surface area contributed by atoms with Crippen molar-refractivity contribution in [2.75, 3.05) is 30.0 Å². The van der Waals surface area contributed by atoms with E-state index in [1.807, 2.05) is 0 Å². The van der Waals surface area contributed by atoms with Gasteiger partial charge < -0.3 is 10.6 Å². The average Bonchev–Trinajstić information content (AvgIpc) is 2.66. The number of anilines is 2. The van der Waals surface area contributed by atoms with E-state index >= 15 is 0 Å². The van der Waals surface area contributed by atoms with E-state index in [1.165, 1.54) is 18.3 Å². The molecule has 2 rings (SSSR count). The summed E-state index contributed by atoms with van der Waals surface area (Å²) in [5.41, 5.74) is 6.03. The van der Waals surface area contributed by atoms with Crippen molar-refractivity contribution in [2.24, 2.45) is 5.92 Å². The van der Waals surface area contributed by atoms with E-state index in [2.05, 4.69) is 11.8 Å². The van der Waals surface area contributed by atoms with Crippen molar-refractivity contribution in [2.45, 2.75) is 31.6 Å². The fourth-order valence-corrected chi connectivity index (χ4v) is 5.26. The number of rotatable bonds is 3. The Morgan fingerprint density at radius 1 is 1.45 bits per heavy atom. The number of carbonyl (C=O) groups excluding carboxylic acids is 1. The molecule has 2 heterocycles. The highest BCUT2D eigenvalue weighted by Gasteiger charge is 2.30. The number of hydrogen-bond acceptors (Lipinski definition) is 6. The van der Waals surface area contributed by atoms with Crippen molar-refractivity contribution in [1.29, 1.82) is 0 Å². The minimum absolute atomic E-state index is 0.109. The van der Waals surface area contributed by atoms with Crippen molar-refractivity contribution < 1.29 is 13.2 Å². The number of Topliss-reactive ketones (excluding diaryl/α,β-unsaturated/α-hetero) is 1. The third-order valence-electron chi connectivity index (χ3n) is 3.52. The van der Waals surface area contributed by atoms with E-state index in [9.17, 15) is 13.2 Å². The van der Waals surface area contributed by atoms with Crippen LogP contribution in [0.15, 0.2) is 4.90 Å². The smallest absolute Gasteiger partial charge is 0.180 e. The summed E-state index contributed by atoms with van der Waals surface area (Å²) in [4.78, 5) is 14.1. The monoisotopic (exact) mass is 316 g/mol. The molecular formula is C13H20N2O3S2. The van der Waals surface area contributed by atoms with Gasteiger partial charge in [-0.15, -0.1) is 11.3 Å². The normalized spacial score (nSPS) is 20.1.